The van der Waals surface area contributed by atoms with Gasteiger partial charge in [-0.05, 0) is 48.9 Å². The van der Waals surface area contributed by atoms with Crippen molar-refractivity contribution in [1.82, 2.24) is 0 Å². The highest BCUT2D eigenvalue weighted by molar-refractivity contribution is 7.94. The summed E-state index contributed by atoms with van der Waals surface area (Å²) in [5.41, 5.74) is 2.41. The number of carbonyl (C=O) groups excluding carboxylic acids is 2. The Balaban J connectivity index is 1.77. The van der Waals surface area contributed by atoms with Crippen LogP contribution in [-0.4, -0.2) is 26.0 Å². The quantitative estimate of drug-likeness (QED) is 0.614. The number of carbonyl (C=O) groups is 2. The molecule has 3 aromatic rings. The topological polar surface area (TPSA) is 74.8 Å². The fourth-order valence-electron chi connectivity index (χ4n) is 4.57. The van der Waals surface area contributed by atoms with Gasteiger partial charge in [0.25, 0.3) is 10.8 Å². The molecule has 0 N–H and O–H groups in total. The molecule has 1 fully saturated rings. The second-order valence-corrected chi connectivity index (χ2v) is 10.1. The van der Waals surface area contributed by atoms with Crippen molar-refractivity contribution < 1.29 is 22.4 Å². The van der Waals surface area contributed by atoms with E-state index in [-0.39, 0.29) is 17.8 Å². The molecule has 6 nitrogen and oxygen atoms in total. The summed E-state index contributed by atoms with van der Waals surface area (Å²) in [5.74, 6) is -2.77. The molecular formula is C24H19FN2O4S. The van der Waals surface area contributed by atoms with Crippen LogP contribution < -0.4 is 9.80 Å². The number of aryl methyl sites for hydroxylation is 1. The first-order valence-corrected chi connectivity index (χ1v) is 11.7. The van der Waals surface area contributed by atoms with E-state index in [9.17, 15) is 22.4 Å². The highest BCUT2D eigenvalue weighted by atomic mass is 32.2. The van der Waals surface area contributed by atoms with E-state index in [1.54, 1.807) is 25.1 Å². The van der Waals surface area contributed by atoms with Gasteiger partial charge >= 0.3 is 0 Å². The van der Waals surface area contributed by atoms with E-state index in [1.165, 1.54) is 17.0 Å². The fraction of sp³-hybridized carbons (Fsp3) is 0.167. The number of sulfone groups is 1. The zero-order valence-electron chi connectivity index (χ0n) is 17.2. The molecule has 2 aliphatic rings. The highest BCUT2D eigenvalue weighted by Gasteiger charge is 2.69. The number of hydrogen-bond donors (Lipinski definition) is 0. The molecule has 5 rings (SSSR count). The Morgan fingerprint density at radius 1 is 0.969 bits per heavy atom. The first-order valence-electron chi connectivity index (χ1n) is 10.0. The predicted molar refractivity (Wildman–Crippen MR) is 118 cm³/mol. The third-order valence-corrected chi connectivity index (χ3v) is 8.04. The molecule has 0 radical (unpaired) electrons. The summed E-state index contributed by atoms with van der Waals surface area (Å²) in [6.07, 6.45) is 0. The molecule has 0 aromatic heterocycles. The zero-order chi connectivity index (χ0) is 22.7. The van der Waals surface area contributed by atoms with Gasteiger partial charge in [-0.3, -0.25) is 14.5 Å². The largest absolute Gasteiger partial charge is 0.304 e. The summed E-state index contributed by atoms with van der Waals surface area (Å²) in [5, 5.41) is 0. The molecule has 0 saturated carbocycles. The molecule has 1 atom stereocenters. The minimum atomic E-state index is -4.26. The third kappa shape index (κ3) is 2.72. The lowest BCUT2D eigenvalue weighted by Crippen LogP contribution is -2.54. The Hall–Kier alpha value is -3.52. The van der Waals surface area contributed by atoms with Gasteiger partial charge in [0.1, 0.15) is 11.6 Å². The summed E-state index contributed by atoms with van der Waals surface area (Å²) in [4.78, 5) is 27.2. The molecule has 8 heteroatoms. The van der Waals surface area contributed by atoms with Crippen LogP contribution in [0.1, 0.15) is 16.7 Å². The maximum Gasteiger partial charge on any atom is 0.274 e. The first-order chi connectivity index (χ1) is 15.3. The van der Waals surface area contributed by atoms with Gasteiger partial charge in [-0.2, -0.15) is 0 Å². The van der Waals surface area contributed by atoms with Gasteiger partial charge in [-0.1, -0.05) is 42.0 Å². The second-order valence-electron chi connectivity index (χ2n) is 8.01. The average molecular weight is 450 g/mol. The van der Waals surface area contributed by atoms with Gasteiger partial charge in [0.05, 0.1) is 12.2 Å². The van der Waals surface area contributed by atoms with Crippen molar-refractivity contribution in [3.8, 4) is 0 Å². The van der Waals surface area contributed by atoms with E-state index < -0.39 is 38.1 Å². The van der Waals surface area contributed by atoms with Crippen LogP contribution in [0, 0.1) is 12.7 Å². The van der Waals surface area contributed by atoms with Crippen LogP contribution in [0.5, 0.6) is 0 Å². The van der Waals surface area contributed by atoms with Gasteiger partial charge in [0, 0.05) is 11.3 Å². The monoisotopic (exact) mass is 450 g/mol. The molecular weight excluding hydrogens is 431 g/mol. The molecule has 2 aliphatic heterocycles. The molecule has 2 amide bonds. The molecule has 0 bridgehead atoms. The smallest absolute Gasteiger partial charge is 0.274 e. The van der Waals surface area contributed by atoms with Crippen LogP contribution in [0.2, 0.25) is 0 Å². The molecule has 2 heterocycles. The van der Waals surface area contributed by atoms with Gasteiger partial charge < -0.3 is 4.90 Å². The van der Waals surface area contributed by atoms with Gasteiger partial charge in [-0.25, -0.2) is 12.8 Å². The Labute approximate surface area is 184 Å². The lowest BCUT2D eigenvalue weighted by atomic mass is 10.0. The number of amides is 2. The minimum Gasteiger partial charge on any atom is -0.304 e. The SMILES string of the molecule is Cc1ccc2c(c1)[C@]1(C(=O)N2Cc2ccccc2)N(c2ccc(F)cc2)C(=O)CS1(=O)=O. The van der Waals surface area contributed by atoms with Gasteiger partial charge in [0.15, 0.2) is 9.84 Å². The fourth-order valence-corrected chi connectivity index (χ4v) is 6.59. The third-order valence-electron chi connectivity index (χ3n) is 5.94. The Bertz CT molecular complexity index is 1360. The van der Waals surface area contributed by atoms with Crippen molar-refractivity contribution in [1.29, 1.82) is 0 Å². The number of hydrogen-bond acceptors (Lipinski definition) is 4. The first kappa shape index (κ1) is 20.4. The Morgan fingerprint density at radius 2 is 1.66 bits per heavy atom. The number of nitrogens with zero attached hydrogens (tertiary/aromatic N) is 2. The molecule has 0 aliphatic carbocycles. The number of anilines is 2. The van der Waals surface area contributed by atoms with Crippen LogP contribution in [-0.2, 0) is 30.8 Å². The summed E-state index contributed by atoms with van der Waals surface area (Å²) in [6, 6.07) is 19.3. The minimum absolute atomic E-state index is 0.151. The van der Waals surface area contributed by atoms with E-state index in [4.69, 9.17) is 0 Å². The van der Waals surface area contributed by atoms with Crippen LogP contribution in [0.4, 0.5) is 15.8 Å². The van der Waals surface area contributed by atoms with Crippen LogP contribution in [0.15, 0.2) is 72.8 Å². The second kappa shape index (κ2) is 7.00. The maximum atomic E-state index is 14.0. The number of benzene rings is 3. The summed E-state index contributed by atoms with van der Waals surface area (Å²) in [6.45, 7) is 1.95. The van der Waals surface area contributed by atoms with Crippen LogP contribution in [0.3, 0.4) is 0 Å². The van der Waals surface area contributed by atoms with E-state index in [0.717, 1.165) is 28.2 Å². The zero-order valence-corrected chi connectivity index (χ0v) is 18.0. The Morgan fingerprint density at radius 3 is 2.34 bits per heavy atom. The summed E-state index contributed by atoms with van der Waals surface area (Å²) >= 11 is 0. The maximum absolute atomic E-state index is 14.0. The number of fused-ring (bicyclic) bond motifs is 2. The normalized spacial score (nSPS) is 21.4. The van der Waals surface area contributed by atoms with Gasteiger partial charge in [-0.15, -0.1) is 0 Å². The predicted octanol–water partition coefficient (Wildman–Crippen LogP) is 3.30. The lowest BCUT2D eigenvalue weighted by molar-refractivity contribution is -0.123. The van der Waals surface area contributed by atoms with E-state index >= 15 is 0 Å². The Kier molecular flexibility index (Phi) is 4.46. The molecule has 162 valence electrons. The highest BCUT2D eigenvalue weighted by Crippen LogP contribution is 2.53. The van der Waals surface area contributed by atoms with Crippen molar-refractivity contribution >= 4 is 33.0 Å². The average Bonchev–Trinajstić information content (AvgIpc) is 3.12. The molecule has 0 unspecified atom stereocenters. The molecule has 1 saturated heterocycles. The molecule has 3 aromatic carbocycles. The van der Waals surface area contributed by atoms with E-state index in [0.29, 0.717) is 5.69 Å². The molecule has 32 heavy (non-hydrogen) atoms. The van der Waals surface area contributed by atoms with E-state index in [1.807, 2.05) is 30.3 Å². The number of halogens is 1. The summed E-state index contributed by atoms with van der Waals surface area (Å²) in [7, 11) is -4.26. The van der Waals surface area contributed by atoms with Crippen LogP contribution >= 0.6 is 0 Å². The number of rotatable bonds is 3. The van der Waals surface area contributed by atoms with Crippen LogP contribution in [0.25, 0.3) is 0 Å². The van der Waals surface area contributed by atoms with Crippen molar-refractivity contribution in [3.63, 3.8) is 0 Å². The van der Waals surface area contributed by atoms with Crippen molar-refractivity contribution in [2.75, 3.05) is 15.6 Å². The molecule has 1 spiro atoms. The van der Waals surface area contributed by atoms with Gasteiger partial charge in [0.2, 0.25) is 5.91 Å². The lowest BCUT2D eigenvalue weighted by Gasteiger charge is -2.32. The van der Waals surface area contributed by atoms with Crippen molar-refractivity contribution in [2.24, 2.45) is 0 Å². The van der Waals surface area contributed by atoms with Crippen molar-refractivity contribution in [2.45, 2.75) is 18.3 Å². The standard InChI is InChI=1S/C24H19FN2O4S/c1-16-7-12-21-20(13-16)24(23(29)26(21)14-17-5-3-2-4-6-17)27(22(28)15-32(24,30)31)19-10-8-18(25)9-11-19/h2-13H,14-15H2,1H3/t24-/m0/s1. The summed E-state index contributed by atoms with van der Waals surface area (Å²) < 4.78 is 40.7. The van der Waals surface area contributed by atoms with E-state index in [2.05, 4.69) is 0 Å². The van der Waals surface area contributed by atoms with Crippen molar-refractivity contribution in [3.05, 3.63) is 95.3 Å².